The summed E-state index contributed by atoms with van der Waals surface area (Å²) in [5, 5.41) is 0. The molecule has 4 heteroatoms. The van der Waals surface area contributed by atoms with Crippen LogP contribution in [0.4, 0.5) is 4.79 Å². The maximum atomic E-state index is 12.0. The Morgan fingerprint density at radius 1 is 1.16 bits per heavy atom. The molecule has 0 spiro atoms. The summed E-state index contributed by atoms with van der Waals surface area (Å²) in [5.74, 6) is 0.908. The Morgan fingerprint density at radius 2 is 1.68 bits per heavy atom. The summed E-state index contributed by atoms with van der Waals surface area (Å²) in [6.07, 6.45) is 2.70. The van der Waals surface area contributed by atoms with Gasteiger partial charge in [-0.1, -0.05) is 20.8 Å². The number of carbonyl (C=O) groups is 1. The van der Waals surface area contributed by atoms with Gasteiger partial charge in [0.05, 0.1) is 0 Å². The molecule has 1 aliphatic heterocycles. The summed E-state index contributed by atoms with van der Waals surface area (Å²) >= 11 is 0. The van der Waals surface area contributed by atoms with E-state index in [-0.39, 0.29) is 6.03 Å². The first-order valence-electron chi connectivity index (χ1n) is 7.86. The Kier molecular flexibility index (Phi) is 6.63. The second-order valence-corrected chi connectivity index (χ2v) is 5.55. The fourth-order valence-corrected chi connectivity index (χ4v) is 2.81. The average Bonchev–Trinajstić information content (AvgIpc) is 2.44. The van der Waals surface area contributed by atoms with Crippen molar-refractivity contribution in [3.8, 4) is 0 Å². The third-order valence-corrected chi connectivity index (χ3v) is 4.25. The molecule has 0 aromatic rings. The molecule has 19 heavy (non-hydrogen) atoms. The Hall–Kier alpha value is -0.770. The minimum atomic E-state index is 0.189. The van der Waals surface area contributed by atoms with Gasteiger partial charge in [-0.3, -0.25) is 4.90 Å². The van der Waals surface area contributed by atoms with Crippen molar-refractivity contribution in [2.75, 3.05) is 39.8 Å². The summed E-state index contributed by atoms with van der Waals surface area (Å²) in [5.41, 5.74) is 0. The molecule has 0 unspecified atom stereocenters. The monoisotopic (exact) mass is 269 g/mol. The van der Waals surface area contributed by atoms with Crippen molar-refractivity contribution in [2.24, 2.45) is 5.92 Å². The minimum Gasteiger partial charge on any atom is -0.328 e. The molecule has 0 aromatic carbocycles. The number of hydrogen-bond acceptors (Lipinski definition) is 2. The van der Waals surface area contributed by atoms with Crippen LogP contribution >= 0.6 is 0 Å². The second kappa shape index (κ2) is 7.73. The lowest BCUT2D eigenvalue weighted by Gasteiger charge is -2.46. The molecule has 1 aliphatic carbocycles. The molecule has 2 fully saturated rings. The number of carbonyl (C=O) groups excluding carboxylic acids is 1. The first-order chi connectivity index (χ1) is 9.11. The molecule has 0 atom stereocenters. The van der Waals surface area contributed by atoms with Crippen LogP contribution in [0, 0.1) is 5.92 Å². The molecule has 2 amide bonds. The summed E-state index contributed by atoms with van der Waals surface area (Å²) in [7, 11) is 1.88. The van der Waals surface area contributed by atoms with Gasteiger partial charge in [-0.2, -0.15) is 0 Å². The van der Waals surface area contributed by atoms with E-state index in [9.17, 15) is 4.79 Å². The van der Waals surface area contributed by atoms with Gasteiger partial charge in [0, 0.05) is 45.8 Å². The van der Waals surface area contributed by atoms with E-state index in [2.05, 4.69) is 11.8 Å². The zero-order valence-corrected chi connectivity index (χ0v) is 13.4. The Bertz CT molecular complexity index is 269. The Labute approximate surface area is 118 Å². The van der Waals surface area contributed by atoms with Crippen molar-refractivity contribution in [3.05, 3.63) is 0 Å². The molecule has 0 radical (unpaired) electrons. The summed E-state index contributed by atoms with van der Waals surface area (Å²) in [6.45, 7) is 13.0. The highest BCUT2D eigenvalue weighted by molar-refractivity contribution is 5.74. The SMILES string of the molecule is CC.CCN(C)C(=O)N1CCN(C2CC(C)C2)CC1. The number of urea groups is 1. The lowest BCUT2D eigenvalue weighted by molar-refractivity contribution is 0.0432. The highest BCUT2D eigenvalue weighted by Gasteiger charge is 2.33. The van der Waals surface area contributed by atoms with Gasteiger partial charge in [-0.05, 0) is 25.7 Å². The van der Waals surface area contributed by atoms with E-state index in [0.717, 1.165) is 44.7 Å². The van der Waals surface area contributed by atoms with E-state index < -0.39 is 0 Å². The number of hydrogen-bond donors (Lipinski definition) is 0. The van der Waals surface area contributed by atoms with E-state index in [0.29, 0.717) is 0 Å². The van der Waals surface area contributed by atoms with Crippen LogP contribution in [0.1, 0.15) is 40.5 Å². The van der Waals surface area contributed by atoms with E-state index in [1.165, 1.54) is 12.8 Å². The molecule has 1 saturated carbocycles. The lowest BCUT2D eigenvalue weighted by Crippen LogP contribution is -2.56. The van der Waals surface area contributed by atoms with Crippen LogP contribution in [0.2, 0.25) is 0 Å². The largest absolute Gasteiger partial charge is 0.328 e. The molecular formula is C15H31N3O. The zero-order chi connectivity index (χ0) is 14.4. The first-order valence-corrected chi connectivity index (χ1v) is 7.86. The predicted octanol–water partition coefficient (Wildman–Crippen LogP) is 2.50. The molecule has 112 valence electrons. The van der Waals surface area contributed by atoms with Crippen LogP contribution in [0.25, 0.3) is 0 Å². The van der Waals surface area contributed by atoms with Gasteiger partial charge in [0.25, 0.3) is 0 Å². The van der Waals surface area contributed by atoms with Crippen LogP contribution in [0.5, 0.6) is 0 Å². The molecule has 0 N–H and O–H groups in total. The van der Waals surface area contributed by atoms with Crippen molar-refractivity contribution in [1.82, 2.24) is 14.7 Å². The maximum absolute atomic E-state index is 12.0. The summed E-state index contributed by atoms with van der Waals surface area (Å²) < 4.78 is 0. The van der Waals surface area contributed by atoms with Crippen molar-refractivity contribution in [1.29, 1.82) is 0 Å². The number of rotatable bonds is 2. The van der Waals surface area contributed by atoms with Gasteiger partial charge in [0.15, 0.2) is 0 Å². The molecule has 2 aliphatic rings. The molecular weight excluding hydrogens is 238 g/mol. The topological polar surface area (TPSA) is 26.8 Å². The molecule has 1 heterocycles. The second-order valence-electron chi connectivity index (χ2n) is 5.55. The van der Waals surface area contributed by atoms with Gasteiger partial charge >= 0.3 is 6.03 Å². The summed E-state index contributed by atoms with van der Waals surface area (Å²) in [4.78, 5) is 18.3. The van der Waals surface area contributed by atoms with E-state index in [1.807, 2.05) is 32.7 Å². The smallest absolute Gasteiger partial charge is 0.319 e. The number of nitrogens with zero attached hydrogens (tertiary/aromatic N) is 3. The van der Waals surface area contributed by atoms with E-state index >= 15 is 0 Å². The molecule has 0 aromatic heterocycles. The summed E-state index contributed by atoms with van der Waals surface area (Å²) in [6, 6.07) is 0.986. The van der Waals surface area contributed by atoms with Gasteiger partial charge in [0.2, 0.25) is 0 Å². The van der Waals surface area contributed by atoms with Crippen LogP contribution in [0.15, 0.2) is 0 Å². The quantitative estimate of drug-likeness (QED) is 0.770. The highest BCUT2D eigenvalue weighted by atomic mass is 16.2. The van der Waals surface area contributed by atoms with Gasteiger partial charge in [0.1, 0.15) is 0 Å². The Balaban J connectivity index is 0.000000861. The molecule has 2 rings (SSSR count). The lowest BCUT2D eigenvalue weighted by atomic mass is 9.80. The standard InChI is InChI=1S/C13H25N3O.C2H6/c1-4-14(3)13(17)16-7-5-15(6-8-16)12-9-11(2)10-12;1-2/h11-12H,4-10H2,1-3H3;1-2H3. The normalized spacial score (nSPS) is 27.1. The average molecular weight is 269 g/mol. The van der Waals surface area contributed by atoms with Crippen LogP contribution < -0.4 is 0 Å². The maximum Gasteiger partial charge on any atom is 0.319 e. The van der Waals surface area contributed by atoms with Crippen LogP contribution in [-0.2, 0) is 0 Å². The van der Waals surface area contributed by atoms with Crippen molar-refractivity contribution in [3.63, 3.8) is 0 Å². The van der Waals surface area contributed by atoms with Crippen LogP contribution in [0.3, 0.4) is 0 Å². The zero-order valence-electron chi connectivity index (χ0n) is 13.4. The fraction of sp³-hybridized carbons (Fsp3) is 0.933. The first kappa shape index (κ1) is 16.3. The van der Waals surface area contributed by atoms with Gasteiger partial charge < -0.3 is 9.80 Å². The minimum absolute atomic E-state index is 0.189. The van der Waals surface area contributed by atoms with Gasteiger partial charge in [-0.25, -0.2) is 4.79 Å². The third kappa shape index (κ3) is 4.10. The highest BCUT2D eigenvalue weighted by Crippen LogP contribution is 2.31. The van der Waals surface area contributed by atoms with Crippen molar-refractivity contribution in [2.45, 2.75) is 46.6 Å². The molecule has 4 nitrogen and oxygen atoms in total. The predicted molar refractivity (Wildman–Crippen MR) is 80.4 cm³/mol. The number of piperazine rings is 1. The fourth-order valence-electron chi connectivity index (χ4n) is 2.81. The van der Waals surface area contributed by atoms with Crippen LogP contribution in [-0.4, -0.2) is 66.5 Å². The molecule has 1 saturated heterocycles. The van der Waals surface area contributed by atoms with E-state index in [1.54, 1.807) is 4.90 Å². The third-order valence-electron chi connectivity index (χ3n) is 4.25. The van der Waals surface area contributed by atoms with Crippen molar-refractivity contribution >= 4 is 6.03 Å². The Morgan fingerprint density at radius 3 is 2.11 bits per heavy atom. The van der Waals surface area contributed by atoms with Crippen molar-refractivity contribution < 1.29 is 4.79 Å². The molecule has 0 bridgehead atoms. The van der Waals surface area contributed by atoms with Gasteiger partial charge in [-0.15, -0.1) is 0 Å². The number of amides is 2. The van der Waals surface area contributed by atoms with E-state index in [4.69, 9.17) is 0 Å².